The molecule has 2 aliphatic heterocycles. The lowest BCUT2D eigenvalue weighted by molar-refractivity contribution is -0.140. The van der Waals surface area contributed by atoms with Gasteiger partial charge in [0.05, 0.1) is 24.5 Å². The molecule has 1 N–H and O–H groups in total. The van der Waals surface area contributed by atoms with Crippen molar-refractivity contribution in [2.45, 2.75) is 57.5 Å². The Hall–Kier alpha value is -2.05. The van der Waals surface area contributed by atoms with Crippen LogP contribution >= 0.6 is 0 Å². The molecule has 2 aliphatic carbocycles. The topological polar surface area (TPSA) is 76.5 Å². The third-order valence-corrected chi connectivity index (χ3v) is 6.48. The summed E-state index contributed by atoms with van der Waals surface area (Å²) in [5.74, 6) is 1.20. The first-order valence-electron chi connectivity index (χ1n) is 9.74. The van der Waals surface area contributed by atoms with E-state index in [-0.39, 0.29) is 35.9 Å². The predicted molar refractivity (Wildman–Crippen MR) is 95.4 cm³/mol. The van der Waals surface area contributed by atoms with E-state index in [0.29, 0.717) is 11.7 Å². The zero-order valence-electron chi connectivity index (χ0n) is 15.6. The number of hydrogen-bond acceptors (Lipinski definition) is 4. The molecule has 1 aromatic rings. The first-order chi connectivity index (χ1) is 12.5. The summed E-state index contributed by atoms with van der Waals surface area (Å²) < 4.78 is 7.18. The van der Waals surface area contributed by atoms with Crippen molar-refractivity contribution in [2.75, 3.05) is 13.2 Å². The second kappa shape index (κ2) is 6.59. The van der Waals surface area contributed by atoms with Crippen molar-refractivity contribution >= 4 is 11.8 Å². The fraction of sp³-hybridized carbons (Fsp3) is 0.737. The second-order valence-electron chi connectivity index (χ2n) is 8.13. The van der Waals surface area contributed by atoms with Gasteiger partial charge in [0.25, 0.3) is 5.91 Å². The Labute approximate surface area is 154 Å². The number of nitrogens with one attached hydrogen (secondary N) is 1. The quantitative estimate of drug-likeness (QED) is 0.799. The first-order valence-corrected chi connectivity index (χ1v) is 9.74. The number of nitrogens with zero attached hydrogens (tertiary/aromatic N) is 3. The van der Waals surface area contributed by atoms with Crippen molar-refractivity contribution in [1.29, 1.82) is 0 Å². The van der Waals surface area contributed by atoms with Gasteiger partial charge in [0.2, 0.25) is 5.91 Å². The van der Waals surface area contributed by atoms with Gasteiger partial charge in [-0.2, -0.15) is 5.10 Å². The third-order valence-electron chi connectivity index (χ3n) is 6.48. The van der Waals surface area contributed by atoms with Crippen molar-refractivity contribution in [3.63, 3.8) is 0 Å². The summed E-state index contributed by atoms with van der Waals surface area (Å²) in [6.07, 6.45) is 9.53. The van der Waals surface area contributed by atoms with E-state index in [0.717, 1.165) is 45.1 Å². The van der Waals surface area contributed by atoms with Crippen LogP contribution < -0.4 is 10.1 Å². The number of carbonyl (C=O) groups is 2. The predicted octanol–water partition coefficient (Wildman–Crippen LogP) is 1.48. The van der Waals surface area contributed by atoms with Crippen LogP contribution in [0.15, 0.2) is 12.4 Å². The maximum Gasteiger partial charge on any atom is 0.260 e. The van der Waals surface area contributed by atoms with Crippen LogP contribution in [-0.4, -0.2) is 51.7 Å². The second-order valence-corrected chi connectivity index (χ2v) is 8.13. The number of aromatic nitrogens is 2. The van der Waals surface area contributed by atoms with Gasteiger partial charge in [-0.05, 0) is 25.7 Å². The summed E-state index contributed by atoms with van der Waals surface area (Å²) >= 11 is 0. The monoisotopic (exact) mass is 360 g/mol. The van der Waals surface area contributed by atoms with Gasteiger partial charge < -0.3 is 15.0 Å². The molecule has 2 saturated carbocycles. The summed E-state index contributed by atoms with van der Waals surface area (Å²) in [7, 11) is 1.81. The largest absolute Gasteiger partial charge is 0.480 e. The molecule has 0 radical (unpaired) electrons. The highest BCUT2D eigenvalue weighted by atomic mass is 16.5. The molecule has 3 heterocycles. The molecule has 26 heavy (non-hydrogen) atoms. The number of fused-ring (bicyclic) bond motifs is 1. The number of amides is 2. The molecule has 0 aromatic carbocycles. The average Bonchev–Trinajstić information content (AvgIpc) is 3.28. The maximum atomic E-state index is 12.8. The molecule has 2 saturated heterocycles. The number of hydrogen-bond donors (Lipinski definition) is 1. The van der Waals surface area contributed by atoms with Gasteiger partial charge in [0, 0.05) is 24.9 Å². The van der Waals surface area contributed by atoms with E-state index in [1.165, 1.54) is 0 Å². The van der Waals surface area contributed by atoms with Crippen LogP contribution in [0.2, 0.25) is 0 Å². The lowest BCUT2D eigenvalue weighted by Crippen LogP contribution is -2.59. The lowest BCUT2D eigenvalue weighted by Gasteiger charge is -2.44. The van der Waals surface area contributed by atoms with Gasteiger partial charge in [-0.25, -0.2) is 0 Å². The molecule has 1 aromatic heterocycles. The van der Waals surface area contributed by atoms with Crippen LogP contribution in [0.5, 0.6) is 5.75 Å². The zero-order chi connectivity index (χ0) is 18.3. The van der Waals surface area contributed by atoms with Crippen molar-refractivity contribution < 1.29 is 14.3 Å². The molecule has 142 valence electrons. The number of aryl methyl sites for hydroxylation is 1. The Morgan fingerprint density at radius 3 is 2.85 bits per heavy atom. The molecular weight excluding hydrogens is 332 g/mol. The maximum absolute atomic E-state index is 12.8. The van der Waals surface area contributed by atoms with E-state index in [4.69, 9.17) is 4.74 Å². The van der Waals surface area contributed by atoms with E-state index in [1.807, 2.05) is 11.9 Å². The fourth-order valence-electron chi connectivity index (χ4n) is 4.80. The van der Waals surface area contributed by atoms with Crippen LogP contribution in [0.1, 0.15) is 45.4 Å². The van der Waals surface area contributed by atoms with Crippen molar-refractivity contribution in [1.82, 2.24) is 20.0 Å². The smallest absolute Gasteiger partial charge is 0.260 e. The Kier molecular flexibility index (Phi) is 4.40. The Morgan fingerprint density at radius 1 is 1.42 bits per heavy atom. The number of carbonyl (C=O) groups excluding carboxylic acids is 2. The molecule has 7 heteroatoms. The van der Waals surface area contributed by atoms with Crippen LogP contribution in [0.3, 0.4) is 0 Å². The van der Waals surface area contributed by atoms with Gasteiger partial charge in [0.1, 0.15) is 0 Å². The van der Waals surface area contributed by atoms with Gasteiger partial charge in [-0.15, -0.1) is 0 Å². The molecule has 3 atom stereocenters. The third kappa shape index (κ3) is 2.87. The Bertz CT molecular complexity index is 697. The summed E-state index contributed by atoms with van der Waals surface area (Å²) in [6.45, 7) is 2.89. The van der Waals surface area contributed by atoms with Crippen LogP contribution in [0, 0.1) is 11.3 Å². The minimum atomic E-state index is -0.137. The average molecular weight is 360 g/mol. The van der Waals surface area contributed by atoms with Crippen LogP contribution in [-0.2, 0) is 16.6 Å². The van der Waals surface area contributed by atoms with Crippen molar-refractivity contribution in [3.8, 4) is 5.75 Å². The highest BCUT2D eigenvalue weighted by Gasteiger charge is 2.55. The standard InChI is InChI=1S/C19H28N4O3/c1-3-5-19(6-4-7-19)18(25)21-17-13-8-15(17)23(10-13)16(24)12-26-14-9-20-22(2)11-14/h9,11,13,15,17H,3-8,10,12H2,1-2H3,(H,21,25). The van der Waals surface area contributed by atoms with Gasteiger partial charge in [-0.1, -0.05) is 19.8 Å². The molecule has 4 fully saturated rings. The number of ether oxygens (including phenoxy) is 1. The fourth-order valence-corrected chi connectivity index (χ4v) is 4.80. The van der Waals surface area contributed by atoms with E-state index in [9.17, 15) is 9.59 Å². The van der Waals surface area contributed by atoms with E-state index < -0.39 is 0 Å². The summed E-state index contributed by atoms with van der Waals surface area (Å²) in [5, 5.41) is 7.31. The van der Waals surface area contributed by atoms with Gasteiger partial charge >= 0.3 is 0 Å². The molecule has 4 aliphatic rings. The molecule has 2 amide bonds. The minimum Gasteiger partial charge on any atom is -0.480 e. The van der Waals surface area contributed by atoms with Crippen LogP contribution in [0.4, 0.5) is 0 Å². The summed E-state index contributed by atoms with van der Waals surface area (Å²) in [5.41, 5.74) is -0.137. The minimum absolute atomic E-state index is 0.00924. The molecule has 7 nitrogen and oxygen atoms in total. The molecule has 5 rings (SSSR count). The Morgan fingerprint density at radius 2 is 2.23 bits per heavy atom. The molecule has 0 spiro atoms. The van der Waals surface area contributed by atoms with Crippen molar-refractivity contribution in [3.05, 3.63) is 12.4 Å². The number of rotatable bonds is 7. The van der Waals surface area contributed by atoms with Crippen molar-refractivity contribution in [2.24, 2.45) is 18.4 Å². The van der Waals surface area contributed by atoms with Gasteiger partial charge in [-0.3, -0.25) is 14.3 Å². The highest BCUT2D eigenvalue weighted by molar-refractivity contribution is 5.84. The van der Waals surface area contributed by atoms with E-state index in [1.54, 1.807) is 17.1 Å². The zero-order valence-corrected chi connectivity index (χ0v) is 15.6. The summed E-state index contributed by atoms with van der Waals surface area (Å²) in [4.78, 5) is 27.2. The molecule has 2 bridgehead atoms. The van der Waals surface area contributed by atoms with Crippen LogP contribution in [0.25, 0.3) is 0 Å². The lowest BCUT2D eigenvalue weighted by atomic mass is 9.65. The Balaban J connectivity index is 1.30. The summed E-state index contributed by atoms with van der Waals surface area (Å²) in [6, 6.07) is 0.256. The molecular formula is C19H28N4O3. The van der Waals surface area contributed by atoms with E-state index in [2.05, 4.69) is 17.3 Å². The molecule has 3 unspecified atom stereocenters. The van der Waals surface area contributed by atoms with E-state index >= 15 is 0 Å². The normalized spacial score (nSPS) is 28.2. The highest BCUT2D eigenvalue weighted by Crippen LogP contribution is 2.47. The first kappa shape index (κ1) is 17.4. The SMILES string of the molecule is CCCC1(C(=O)NC2C3CC2N(C(=O)COc2cnn(C)c2)C3)CCC1. The van der Waals surface area contributed by atoms with Gasteiger partial charge in [0.15, 0.2) is 12.4 Å².